The number of urea groups is 1. The number of nitrogens with one attached hydrogen (secondary N) is 2. The second-order valence-corrected chi connectivity index (χ2v) is 5.80. The van der Waals surface area contributed by atoms with Crippen molar-refractivity contribution >= 4 is 17.6 Å². The third-order valence-corrected chi connectivity index (χ3v) is 3.69. The van der Waals surface area contributed by atoms with Gasteiger partial charge in [0.25, 0.3) is 0 Å². The molecule has 4 heteroatoms. The topological polar surface area (TPSA) is 41.1 Å². The van der Waals surface area contributed by atoms with E-state index in [1.165, 1.54) is 0 Å². The van der Waals surface area contributed by atoms with Gasteiger partial charge in [0.05, 0.1) is 5.54 Å². The van der Waals surface area contributed by atoms with E-state index in [1.54, 1.807) is 0 Å². The fraction of sp³-hybridized carbons (Fsp3) is 0.235. The van der Waals surface area contributed by atoms with Crippen molar-refractivity contribution in [2.75, 3.05) is 0 Å². The molecule has 0 aliphatic carbocycles. The summed E-state index contributed by atoms with van der Waals surface area (Å²) in [6.07, 6.45) is 0. The SMILES string of the molecule is CC(C)(NC(=O)NCc1ccccc1Cl)c1ccccc1. The normalized spacial score (nSPS) is 11.0. The number of halogens is 1. The van der Waals surface area contributed by atoms with Crippen molar-refractivity contribution in [3.05, 3.63) is 70.7 Å². The van der Waals surface area contributed by atoms with E-state index < -0.39 is 5.54 Å². The molecule has 110 valence electrons. The van der Waals surface area contributed by atoms with E-state index in [-0.39, 0.29) is 6.03 Å². The molecule has 2 N–H and O–H groups in total. The summed E-state index contributed by atoms with van der Waals surface area (Å²) in [5.74, 6) is 0. The number of benzene rings is 2. The van der Waals surface area contributed by atoms with Gasteiger partial charge >= 0.3 is 6.03 Å². The molecule has 3 nitrogen and oxygen atoms in total. The van der Waals surface area contributed by atoms with E-state index in [9.17, 15) is 4.79 Å². The van der Waals surface area contributed by atoms with Gasteiger partial charge < -0.3 is 10.6 Å². The standard InChI is InChI=1S/C17H19ClN2O/c1-17(2,14-9-4-3-5-10-14)20-16(21)19-12-13-8-6-7-11-15(13)18/h3-11H,12H2,1-2H3,(H2,19,20,21). The first kappa shape index (κ1) is 15.4. The summed E-state index contributed by atoms with van der Waals surface area (Å²) in [5.41, 5.74) is 1.51. The van der Waals surface area contributed by atoms with Gasteiger partial charge in [0.1, 0.15) is 0 Å². The van der Waals surface area contributed by atoms with E-state index in [0.717, 1.165) is 11.1 Å². The molecule has 2 amide bonds. The second kappa shape index (κ2) is 6.64. The van der Waals surface area contributed by atoms with Gasteiger partial charge in [-0.2, -0.15) is 0 Å². The minimum atomic E-state index is -0.439. The van der Waals surface area contributed by atoms with Crippen molar-refractivity contribution in [1.29, 1.82) is 0 Å². The van der Waals surface area contributed by atoms with Gasteiger partial charge in [0, 0.05) is 11.6 Å². The van der Waals surface area contributed by atoms with Crippen LogP contribution in [-0.2, 0) is 12.1 Å². The molecule has 0 saturated carbocycles. The molecule has 2 aromatic carbocycles. The molecule has 2 aromatic rings. The van der Waals surface area contributed by atoms with Crippen LogP contribution in [0, 0.1) is 0 Å². The van der Waals surface area contributed by atoms with Crippen LogP contribution in [-0.4, -0.2) is 6.03 Å². The fourth-order valence-corrected chi connectivity index (χ4v) is 2.27. The molecule has 0 heterocycles. The van der Waals surface area contributed by atoms with Crippen molar-refractivity contribution in [2.24, 2.45) is 0 Å². The largest absolute Gasteiger partial charge is 0.334 e. The van der Waals surface area contributed by atoms with Crippen molar-refractivity contribution < 1.29 is 4.79 Å². The maximum absolute atomic E-state index is 12.1. The van der Waals surface area contributed by atoms with Crippen LogP contribution in [0.4, 0.5) is 4.79 Å². The maximum Gasteiger partial charge on any atom is 0.315 e. The molecule has 0 radical (unpaired) electrons. The Morgan fingerprint density at radius 1 is 1.05 bits per heavy atom. The lowest BCUT2D eigenvalue weighted by Crippen LogP contribution is -2.46. The van der Waals surface area contributed by atoms with Crippen LogP contribution in [0.25, 0.3) is 0 Å². The van der Waals surface area contributed by atoms with Crippen molar-refractivity contribution in [3.8, 4) is 0 Å². The summed E-state index contributed by atoms with van der Waals surface area (Å²) in [4.78, 5) is 12.1. The van der Waals surface area contributed by atoms with Gasteiger partial charge in [-0.3, -0.25) is 0 Å². The summed E-state index contributed by atoms with van der Waals surface area (Å²) >= 11 is 6.06. The Labute approximate surface area is 130 Å². The number of carbonyl (C=O) groups excluding carboxylic acids is 1. The average Bonchev–Trinajstić information content (AvgIpc) is 2.47. The first-order chi connectivity index (χ1) is 9.99. The quantitative estimate of drug-likeness (QED) is 0.878. The zero-order valence-corrected chi connectivity index (χ0v) is 12.9. The number of hydrogen-bond donors (Lipinski definition) is 2. The fourth-order valence-electron chi connectivity index (χ4n) is 2.07. The Balaban J connectivity index is 1.94. The second-order valence-electron chi connectivity index (χ2n) is 5.39. The lowest BCUT2D eigenvalue weighted by Gasteiger charge is -2.27. The maximum atomic E-state index is 12.1. The van der Waals surface area contributed by atoms with E-state index in [2.05, 4.69) is 10.6 Å². The Hall–Kier alpha value is -2.00. The van der Waals surface area contributed by atoms with Gasteiger partial charge in [-0.25, -0.2) is 4.79 Å². The van der Waals surface area contributed by atoms with E-state index >= 15 is 0 Å². The molecule has 21 heavy (non-hydrogen) atoms. The molecular weight excluding hydrogens is 284 g/mol. The first-order valence-corrected chi connectivity index (χ1v) is 7.22. The molecule has 0 aliphatic rings. The minimum absolute atomic E-state index is 0.219. The van der Waals surface area contributed by atoms with Crippen molar-refractivity contribution in [1.82, 2.24) is 10.6 Å². The van der Waals surface area contributed by atoms with Gasteiger partial charge in [-0.1, -0.05) is 60.1 Å². The van der Waals surface area contributed by atoms with E-state index in [4.69, 9.17) is 11.6 Å². The molecular formula is C17H19ClN2O. The Morgan fingerprint density at radius 2 is 1.67 bits per heavy atom. The highest BCUT2D eigenvalue weighted by Gasteiger charge is 2.22. The summed E-state index contributed by atoms with van der Waals surface area (Å²) in [5, 5.41) is 6.45. The summed E-state index contributed by atoms with van der Waals surface area (Å²) in [6.45, 7) is 4.34. The Kier molecular flexibility index (Phi) is 4.86. The van der Waals surface area contributed by atoms with Crippen LogP contribution in [0.5, 0.6) is 0 Å². The summed E-state index contributed by atoms with van der Waals surface area (Å²) in [6, 6.07) is 17.1. The Morgan fingerprint density at radius 3 is 2.33 bits per heavy atom. The smallest absolute Gasteiger partial charge is 0.315 e. The molecule has 0 aromatic heterocycles. The zero-order valence-electron chi connectivity index (χ0n) is 12.2. The molecule has 0 spiro atoms. The lowest BCUT2D eigenvalue weighted by atomic mass is 9.95. The summed E-state index contributed by atoms with van der Waals surface area (Å²) in [7, 11) is 0. The lowest BCUT2D eigenvalue weighted by molar-refractivity contribution is 0.229. The van der Waals surface area contributed by atoms with Crippen molar-refractivity contribution in [3.63, 3.8) is 0 Å². The van der Waals surface area contributed by atoms with Gasteiger partial charge in [-0.05, 0) is 31.0 Å². The summed E-state index contributed by atoms with van der Waals surface area (Å²) < 4.78 is 0. The number of carbonyl (C=O) groups is 1. The van der Waals surface area contributed by atoms with Gasteiger partial charge in [-0.15, -0.1) is 0 Å². The molecule has 0 aliphatic heterocycles. The van der Waals surface area contributed by atoms with Crippen LogP contribution in [0.15, 0.2) is 54.6 Å². The van der Waals surface area contributed by atoms with Gasteiger partial charge in [0.15, 0.2) is 0 Å². The molecule has 0 saturated heterocycles. The Bertz CT molecular complexity index is 611. The number of rotatable bonds is 4. The molecule has 2 rings (SSSR count). The van der Waals surface area contributed by atoms with E-state index in [1.807, 2.05) is 68.4 Å². The van der Waals surface area contributed by atoms with Crippen molar-refractivity contribution in [2.45, 2.75) is 25.9 Å². The monoisotopic (exact) mass is 302 g/mol. The molecule has 0 bridgehead atoms. The van der Waals surface area contributed by atoms with Gasteiger partial charge in [0.2, 0.25) is 0 Å². The highest BCUT2D eigenvalue weighted by molar-refractivity contribution is 6.31. The van der Waals surface area contributed by atoms with Crippen LogP contribution in [0.3, 0.4) is 0 Å². The van der Waals surface area contributed by atoms with Crippen LogP contribution in [0.2, 0.25) is 5.02 Å². The number of hydrogen-bond acceptors (Lipinski definition) is 1. The predicted molar refractivity (Wildman–Crippen MR) is 86.3 cm³/mol. The van der Waals surface area contributed by atoms with Crippen LogP contribution in [0.1, 0.15) is 25.0 Å². The predicted octanol–water partition coefficient (Wildman–Crippen LogP) is 4.07. The third kappa shape index (κ3) is 4.23. The highest BCUT2D eigenvalue weighted by Crippen LogP contribution is 2.19. The van der Waals surface area contributed by atoms with E-state index in [0.29, 0.717) is 11.6 Å². The first-order valence-electron chi connectivity index (χ1n) is 6.84. The van der Waals surface area contributed by atoms with Crippen LogP contribution >= 0.6 is 11.6 Å². The highest BCUT2D eigenvalue weighted by atomic mass is 35.5. The third-order valence-electron chi connectivity index (χ3n) is 3.32. The molecule has 0 unspecified atom stereocenters. The molecule has 0 atom stereocenters. The number of amides is 2. The van der Waals surface area contributed by atoms with Crippen LogP contribution < -0.4 is 10.6 Å². The minimum Gasteiger partial charge on any atom is -0.334 e. The molecule has 0 fully saturated rings. The average molecular weight is 303 g/mol. The zero-order chi connectivity index (χ0) is 15.3.